The lowest BCUT2D eigenvalue weighted by Crippen LogP contribution is -2.16. The maximum Gasteiger partial charge on any atom is 0.264 e. The van der Waals surface area contributed by atoms with Gasteiger partial charge in [0.25, 0.3) is 15.9 Å². The molecule has 3 rings (SSSR count). The molecule has 3 N–H and O–H groups in total. The molecule has 0 saturated carbocycles. The maximum absolute atomic E-state index is 12.8. The van der Waals surface area contributed by atoms with Gasteiger partial charge in [-0.15, -0.1) is 0 Å². The van der Waals surface area contributed by atoms with Gasteiger partial charge in [-0.3, -0.25) is 4.72 Å². The average Bonchev–Trinajstić information content (AvgIpc) is 2.72. The van der Waals surface area contributed by atoms with Crippen LogP contribution in [0.2, 0.25) is 10.0 Å². The molecule has 0 aliphatic carbocycles. The molecule has 11 heteroatoms. The van der Waals surface area contributed by atoms with Gasteiger partial charge in [0.05, 0.1) is 17.2 Å². The fraction of sp³-hybridized carbons (Fsp3) is 0.200. The van der Waals surface area contributed by atoms with Crippen LogP contribution in [0.3, 0.4) is 0 Å². The molecule has 1 aromatic heterocycles. The molecule has 2 aromatic carbocycles. The van der Waals surface area contributed by atoms with E-state index in [1.807, 2.05) is 19.1 Å². The molecule has 0 bridgehead atoms. The van der Waals surface area contributed by atoms with Gasteiger partial charge >= 0.3 is 0 Å². The van der Waals surface area contributed by atoms with Gasteiger partial charge in [-0.05, 0) is 43.7 Å². The van der Waals surface area contributed by atoms with Crippen molar-refractivity contribution in [1.82, 2.24) is 9.97 Å². The summed E-state index contributed by atoms with van der Waals surface area (Å²) in [5, 5.41) is 0.00748. The summed E-state index contributed by atoms with van der Waals surface area (Å²) in [6.07, 6.45) is 0. The van der Waals surface area contributed by atoms with Gasteiger partial charge in [-0.25, -0.2) is 13.4 Å². The monoisotopic (exact) mass is 482 g/mol. The molecule has 31 heavy (non-hydrogen) atoms. The first-order chi connectivity index (χ1) is 14.6. The van der Waals surface area contributed by atoms with E-state index >= 15 is 0 Å². The number of nitrogens with zero attached hydrogens (tertiary/aromatic N) is 2. The molecule has 0 fully saturated rings. The lowest BCUT2D eigenvalue weighted by atomic mass is 10.1. The second-order valence-electron chi connectivity index (χ2n) is 6.59. The summed E-state index contributed by atoms with van der Waals surface area (Å²) in [7, 11) is -2.76. The van der Waals surface area contributed by atoms with E-state index in [1.165, 1.54) is 25.3 Å². The number of nitrogens with one attached hydrogen (secondary N) is 1. The minimum Gasteiger partial charge on any atom is -0.478 e. The molecule has 3 aromatic rings. The number of methoxy groups -OCH3 is 1. The van der Waals surface area contributed by atoms with Gasteiger partial charge in [-0.2, -0.15) is 4.98 Å². The van der Waals surface area contributed by atoms with Crippen molar-refractivity contribution in [2.24, 2.45) is 5.73 Å². The van der Waals surface area contributed by atoms with E-state index in [0.717, 1.165) is 5.56 Å². The Balaban J connectivity index is 1.91. The van der Waals surface area contributed by atoms with Gasteiger partial charge in [-0.1, -0.05) is 41.4 Å². The highest BCUT2D eigenvalue weighted by Crippen LogP contribution is 2.33. The number of benzene rings is 2. The smallest absolute Gasteiger partial charge is 0.264 e. The molecule has 0 radical (unpaired) electrons. The van der Waals surface area contributed by atoms with Gasteiger partial charge in [0.15, 0.2) is 0 Å². The number of aromatic nitrogens is 2. The van der Waals surface area contributed by atoms with Crippen LogP contribution in [0.15, 0.2) is 47.4 Å². The molecule has 1 atom stereocenters. The Morgan fingerprint density at radius 1 is 1.06 bits per heavy atom. The van der Waals surface area contributed by atoms with E-state index in [9.17, 15) is 8.42 Å². The van der Waals surface area contributed by atoms with E-state index in [4.69, 9.17) is 38.4 Å². The van der Waals surface area contributed by atoms with Crippen LogP contribution < -0.4 is 19.9 Å². The molecule has 8 nitrogen and oxygen atoms in total. The van der Waals surface area contributed by atoms with Gasteiger partial charge in [0, 0.05) is 6.04 Å². The first-order valence-electron chi connectivity index (χ1n) is 9.05. The molecule has 0 unspecified atom stereocenters. The van der Waals surface area contributed by atoms with Crippen LogP contribution in [0.1, 0.15) is 24.2 Å². The van der Waals surface area contributed by atoms with Crippen molar-refractivity contribution in [2.45, 2.75) is 24.8 Å². The van der Waals surface area contributed by atoms with Crippen LogP contribution in [0.5, 0.6) is 17.5 Å². The molecular formula is C20H20Cl2N4O4S. The zero-order valence-corrected chi connectivity index (χ0v) is 19.2. The third-order valence-corrected chi connectivity index (χ3v) is 6.56. The Bertz CT molecular complexity index is 1200. The number of nitrogens with two attached hydrogens (primary N) is 1. The van der Waals surface area contributed by atoms with Crippen LogP contribution >= 0.6 is 23.2 Å². The highest BCUT2D eigenvalue weighted by atomic mass is 35.5. The molecule has 0 saturated heterocycles. The minimum absolute atomic E-state index is 0.0745. The van der Waals surface area contributed by atoms with Gasteiger partial charge < -0.3 is 15.2 Å². The Kier molecular flexibility index (Phi) is 6.90. The second-order valence-corrected chi connectivity index (χ2v) is 9.03. The van der Waals surface area contributed by atoms with E-state index < -0.39 is 10.0 Å². The fourth-order valence-corrected chi connectivity index (χ4v) is 4.38. The predicted molar refractivity (Wildman–Crippen MR) is 120 cm³/mol. The third kappa shape index (κ3) is 5.19. The number of hydrogen-bond acceptors (Lipinski definition) is 7. The van der Waals surface area contributed by atoms with Crippen molar-refractivity contribution >= 4 is 39.0 Å². The Hall–Kier alpha value is -2.59. The van der Waals surface area contributed by atoms with Gasteiger partial charge in [0.1, 0.15) is 16.3 Å². The first kappa shape index (κ1) is 23.1. The number of hydrogen-bond donors (Lipinski definition) is 2. The van der Waals surface area contributed by atoms with Gasteiger partial charge in [0.2, 0.25) is 11.7 Å². The highest BCUT2D eigenvalue weighted by Gasteiger charge is 2.24. The van der Waals surface area contributed by atoms with Crippen molar-refractivity contribution in [2.75, 3.05) is 11.8 Å². The van der Waals surface area contributed by atoms with Crippen molar-refractivity contribution in [3.63, 3.8) is 0 Å². The van der Waals surface area contributed by atoms with E-state index in [1.54, 1.807) is 19.1 Å². The molecule has 0 amide bonds. The van der Waals surface area contributed by atoms with E-state index in [-0.39, 0.29) is 38.6 Å². The summed E-state index contributed by atoms with van der Waals surface area (Å²) >= 11 is 12.0. The summed E-state index contributed by atoms with van der Waals surface area (Å²) in [5.74, 6) is 0.488. The quantitative estimate of drug-likeness (QED) is 0.500. The van der Waals surface area contributed by atoms with Crippen LogP contribution in [0.25, 0.3) is 0 Å². The summed E-state index contributed by atoms with van der Waals surface area (Å²) < 4.78 is 38.9. The molecule has 1 heterocycles. The summed E-state index contributed by atoms with van der Waals surface area (Å²) in [4.78, 5) is 8.30. The largest absolute Gasteiger partial charge is 0.478 e. The van der Waals surface area contributed by atoms with Crippen molar-refractivity contribution in [3.05, 3.63) is 63.8 Å². The Labute approximate surface area is 190 Å². The predicted octanol–water partition coefficient (Wildman–Crippen LogP) is 4.71. The number of halogens is 2. The van der Waals surface area contributed by atoms with E-state index in [0.29, 0.717) is 11.4 Å². The number of anilines is 1. The lowest BCUT2D eigenvalue weighted by Gasteiger charge is -2.14. The lowest BCUT2D eigenvalue weighted by molar-refractivity contribution is 0.381. The fourth-order valence-electron chi connectivity index (χ4n) is 2.62. The third-order valence-electron chi connectivity index (χ3n) is 4.25. The maximum atomic E-state index is 12.8. The standard InChI is InChI=1S/C20H20Cl2N4O4S/c1-11(23)13-7-9-14(10-8-13)30-19-12(2)24-18(20(25-19)29-3)26-31(27,28)16-6-4-5-15(21)17(16)22/h4-11H,23H2,1-3H3,(H,24,26)/t11-/m0/s1. The SMILES string of the molecule is COc1nc(Oc2ccc([C@H](C)N)cc2)c(C)nc1NS(=O)(=O)c1cccc(Cl)c1Cl. The summed E-state index contributed by atoms with van der Waals surface area (Å²) in [6, 6.07) is 11.4. The number of rotatable bonds is 7. The number of ether oxygens (including phenoxy) is 2. The Morgan fingerprint density at radius 3 is 2.35 bits per heavy atom. The van der Waals surface area contributed by atoms with Crippen molar-refractivity contribution in [3.8, 4) is 17.5 Å². The normalized spacial score (nSPS) is 12.3. The van der Waals surface area contributed by atoms with Crippen molar-refractivity contribution < 1.29 is 17.9 Å². The number of sulfonamides is 1. The zero-order valence-electron chi connectivity index (χ0n) is 16.9. The molecule has 164 valence electrons. The Morgan fingerprint density at radius 2 is 1.74 bits per heavy atom. The minimum atomic E-state index is -4.10. The summed E-state index contributed by atoms with van der Waals surface area (Å²) in [6.45, 7) is 3.51. The topological polar surface area (TPSA) is 116 Å². The highest BCUT2D eigenvalue weighted by molar-refractivity contribution is 7.92. The molecule has 0 aliphatic heterocycles. The number of aryl methyl sites for hydroxylation is 1. The summed E-state index contributed by atoms with van der Waals surface area (Å²) in [5.41, 5.74) is 7.15. The van der Waals surface area contributed by atoms with Crippen LogP contribution in [0.4, 0.5) is 5.82 Å². The van der Waals surface area contributed by atoms with E-state index in [2.05, 4.69) is 14.7 Å². The zero-order chi connectivity index (χ0) is 22.8. The average molecular weight is 483 g/mol. The van der Waals surface area contributed by atoms with Crippen molar-refractivity contribution in [1.29, 1.82) is 0 Å². The van der Waals surface area contributed by atoms with Crippen LogP contribution in [0, 0.1) is 6.92 Å². The molecule has 0 spiro atoms. The first-order valence-corrected chi connectivity index (χ1v) is 11.3. The van der Waals surface area contributed by atoms with Crippen LogP contribution in [-0.4, -0.2) is 25.5 Å². The second kappa shape index (κ2) is 9.27. The van der Waals surface area contributed by atoms with Crippen LogP contribution in [-0.2, 0) is 10.0 Å². The molecule has 0 aliphatic rings. The molecular weight excluding hydrogens is 463 g/mol.